The number of halogens is 2. The molecule has 1 heterocycles. The van der Waals surface area contributed by atoms with Crippen LogP contribution in [0.25, 0.3) is 0 Å². The van der Waals surface area contributed by atoms with E-state index in [0.29, 0.717) is 27.9 Å². The number of carbonyl (C=O) groups excluding carboxylic acids is 1. The van der Waals surface area contributed by atoms with E-state index >= 15 is 0 Å². The van der Waals surface area contributed by atoms with E-state index < -0.39 is 0 Å². The van der Waals surface area contributed by atoms with Crippen LogP contribution in [0, 0.1) is 10.7 Å². The summed E-state index contributed by atoms with van der Waals surface area (Å²) in [4.78, 5) is 12.3. The van der Waals surface area contributed by atoms with Crippen LogP contribution in [0.3, 0.4) is 0 Å². The maximum Gasteiger partial charge on any atom is 0.224 e. The zero-order valence-electron chi connectivity index (χ0n) is 12.5. The van der Waals surface area contributed by atoms with E-state index in [1.54, 1.807) is 6.07 Å². The predicted molar refractivity (Wildman–Crippen MR) is 92.2 cm³/mol. The zero-order chi connectivity index (χ0) is 16.6. The molecular weight excluding hydrogens is 355 g/mol. The lowest BCUT2D eigenvalue weighted by Gasteiger charge is -2.07. The lowest BCUT2D eigenvalue weighted by atomic mass is 10.1. The van der Waals surface area contributed by atoms with Gasteiger partial charge in [-0.25, -0.2) is 0 Å². The molecule has 0 spiro atoms. The van der Waals surface area contributed by atoms with Gasteiger partial charge in [-0.05, 0) is 43.1 Å². The predicted octanol–water partition coefficient (Wildman–Crippen LogP) is 3.69. The average Bonchev–Trinajstić information content (AvgIpc) is 3.25. The summed E-state index contributed by atoms with van der Waals surface area (Å²) in [7, 11) is 0. The Morgan fingerprint density at radius 2 is 2.30 bits per heavy atom. The molecule has 0 bridgehead atoms. The van der Waals surface area contributed by atoms with Crippen LogP contribution in [0.2, 0.25) is 10.0 Å². The van der Waals surface area contributed by atoms with E-state index in [2.05, 4.69) is 15.5 Å². The minimum Gasteiger partial charge on any atom is -0.349 e. The van der Waals surface area contributed by atoms with Crippen LogP contribution in [0.5, 0.6) is 0 Å². The average molecular weight is 371 g/mol. The number of nitrogens with one attached hydrogen (secondary N) is 2. The first-order chi connectivity index (χ1) is 11.0. The molecule has 5 nitrogen and oxygen atoms in total. The SMILES string of the molecule is CCn1c(CNC(=O)[C@@H]2C[C@@H]2c2cccc(Cl)c2Cl)n[nH]c1=S. The topological polar surface area (TPSA) is 62.7 Å². The van der Waals surface area contributed by atoms with Crippen molar-refractivity contribution >= 4 is 41.3 Å². The third-order valence-electron chi connectivity index (χ3n) is 4.08. The highest BCUT2D eigenvalue weighted by Gasteiger charge is 2.45. The third-order valence-corrected chi connectivity index (χ3v) is 5.23. The first-order valence-corrected chi connectivity index (χ1v) is 8.55. The van der Waals surface area contributed by atoms with Gasteiger partial charge >= 0.3 is 0 Å². The number of nitrogens with zero attached hydrogens (tertiary/aromatic N) is 2. The van der Waals surface area contributed by atoms with E-state index in [1.165, 1.54) is 0 Å². The molecule has 0 aliphatic heterocycles. The molecule has 1 aliphatic rings. The lowest BCUT2D eigenvalue weighted by molar-refractivity contribution is -0.122. The van der Waals surface area contributed by atoms with Crippen molar-refractivity contribution in [1.29, 1.82) is 0 Å². The van der Waals surface area contributed by atoms with Crippen LogP contribution >= 0.6 is 35.4 Å². The van der Waals surface area contributed by atoms with Gasteiger partial charge in [-0.1, -0.05) is 35.3 Å². The first-order valence-electron chi connectivity index (χ1n) is 7.38. The van der Waals surface area contributed by atoms with E-state index in [4.69, 9.17) is 35.4 Å². The molecule has 1 aromatic heterocycles. The number of aromatic amines is 1. The standard InChI is InChI=1S/C15H16Cl2N4OS/c1-2-21-12(19-20-15(21)23)7-18-14(22)10-6-9(10)8-4-3-5-11(16)13(8)17/h3-5,9-10H,2,6-7H2,1H3,(H,18,22)(H,20,23)/t9-,10-/m1/s1. The maximum absolute atomic E-state index is 12.3. The van der Waals surface area contributed by atoms with Crippen molar-refractivity contribution in [3.63, 3.8) is 0 Å². The van der Waals surface area contributed by atoms with Crippen molar-refractivity contribution in [3.8, 4) is 0 Å². The Kier molecular flexibility index (Phi) is 4.75. The van der Waals surface area contributed by atoms with Gasteiger partial charge in [-0.3, -0.25) is 9.89 Å². The van der Waals surface area contributed by atoms with Crippen molar-refractivity contribution in [2.24, 2.45) is 5.92 Å². The number of aromatic nitrogens is 3. The molecule has 2 atom stereocenters. The molecule has 1 saturated carbocycles. The molecule has 0 saturated heterocycles. The molecule has 1 amide bonds. The van der Waals surface area contributed by atoms with Crippen LogP contribution in [0.1, 0.15) is 30.7 Å². The quantitative estimate of drug-likeness (QED) is 0.788. The van der Waals surface area contributed by atoms with Gasteiger partial charge in [-0.15, -0.1) is 0 Å². The van der Waals surface area contributed by atoms with Gasteiger partial charge in [0.1, 0.15) is 0 Å². The number of hydrogen-bond donors (Lipinski definition) is 2. The number of H-pyrrole nitrogens is 1. The van der Waals surface area contributed by atoms with Crippen molar-refractivity contribution in [2.75, 3.05) is 0 Å². The van der Waals surface area contributed by atoms with Gasteiger partial charge in [0.05, 0.1) is 16.6 Å². The number of benzene rings is 1. The molecule has 0 unspecified atom stereocenters. The Morgan fingerprint density at radius 1 is 1.52 bits per heavy atom. The number of carbonyl (C=O) groups is 1. The van der Waals surface area contributed by atoms with Crippen LogP contribution in [-0.4, -0.2) is 20.7 Å². The van der Waals surface area contributed by atoms with E-state index in [-0.39, 0.29) is 17.7 Å². The highest BCUT2D eigenvalue weighted by Crippen LogP contribution is 2.50. The fourth-order valence-corrected chi connectivity index (χ4v) is 3.47. The summed E-state index contributed by atoms with van der Waals surface area (Å²) in [5, 5.41) is 10.9. The smallest absolute Gasteiger partial charge is 0.224 e. The third kappa shape index (κ3) is 3.29. The fourth-order valence-electron chi connectivity index (χ4n) is 2.74. The molecule has 122 valence electrons. The Balaban J connectivity index is 1.62. The monoisotopic (exact) mass is 370 g/mol. The molecule has 8 heteroatoms. The van der Waals surface area contributed by atoms with Crippen LogP contribution in [0.15, 0.2) is 18.2 Å². The van der Waals surface area contributed by atoms with Crippen LogP contribution in [0.4, 0.5) is 0 Å². The second kappa shape index (κ2) is 6.63. The van der Waals surface area contributed by atoms with Crippen molar-refractivity contribution in [2.45, 2.75) is 32.4 Å². The summed E-state index contributed by atoms with van der Waals surface area (Å²) in [5.41, 5.74) is 0.940. The van der Waals surface area contributed by atoms with Gasteiger partial charge in [0, 0.05) is 12.5 Å². The second-order valence-electron chi connectivity index (χ2n) is 5.50. The number of hydrogen-bond acceptors (Lipinski definition) is 3. The molecule has 2 N–H and O–H groups in total. The minimum atomic E-state index is -0.0667. The van der Waals surface area contributed by atoms with Crippen molar-refractivity contribution in [1.82, 2.24) is 20.1 Å². The van der Waals surface area contributed by atoms with E-state index in [1.807, 2.05) is 23.6 Å². The maximum atomic E-state index is 12.3. The van der Waals surface area contributed by atoms with Gasteiger partial charge in [-0.2, -0.15) is 5.10 Å². The number of amides is 1. The Bertz CT molecular complexity index is 801. The summed E-state index contributed by atoms with van der Waals surface area (Å²) in [6.45, 7) is 3.05. The van der Waals surface area contributed by atoms with Gasteiger partial charge < -0.3 is 9.88 Å². The summed E-state index contributed by atoms with van der Waals surface area (Å²) in [6, 6.07) is 5.53. The van der Waals surface area contributed by atoms with Gasteiger partial charge in [0.25, 0.3) is 0 Å². The molecule has 3 rings (SSSR count). The molecule has 2 aromatic rings. The molecule has 23 heavy (non-hydrogen) atoms. The van der Waals surface area contributed by atoms with Gasteiger partial charge in [0.15, 0.2) is 10.6 Å². The Labute approximate surface area is 149 Å². The Morgan fingerprint density at radius 3 is 3.04 bits per heavy atom. The zero-order valence-corrected chi connectivity index (χ0v) is 14.8. The highest BCUT2D eigenvalue weighted by molar-refractivity contribution is 7.71. The minimum absolute atomic E-state index is 0.00242. The summed E-state index contributed by atoms with van der Waals surface area (Å²) < 4.78 is 2.42. The summed E-state index contributed by atoms with van der Waals surface area (Å²) >= 11 is 17.4. The molecule has 0 radical (unpaired) electrons. The Hall–Kier alpha value is -1.37. The fraction of sp³-hybridized carbons (Fsp3) is 0.400. The van der Waals surface area contributed by atoms with Crippen LogP contribution in [-0.2, 0) is 17.9 Å². The van der Waals surface area contributed by atoms with Crippen molar-refractivity contribution in [3.05, 3.63) is 44.4 Å². The van der Waals surface area contributed by atoms with Crippen LogP contribution < -0.4 is 5.32 Å². The molecule has 1 aliphatic carbocycles. The largest absolute Gasteiger partial charge is 0.349 e. The first kappa shape index (κ1) is 16.5. The van der Waals surface area contributed by atoms with E-state index in [0.717, 1.165) is 17.8 Å². The highest BCUT2D eigenvalue weighted by atomic mass is 35.5. The number of rotatable bonds is 5. The molecule has 1 aromatic carbocycles. The summed E-state index contributed by atoms with van der Waals surface area (Å²) in [5.74, 6) is 0.794. The molecular formula is C15H16Cl2N4OS. The van der Waals surface area contributed by atoms with E-state index in [9.17, 15) is 4.79 Å². The normalized spacial score (nSPS) is 19.6. The van der Waals surface area contributed by atoms with Gasteiger partial charge in [0.2, 0.25) is 5.91 Å². The lowest BCUT2D eigenvalue weighted by Crippen LogP contribution is -2.26. The molecule has 1 fully saturated rings. The summed E-state index contributed by atoms with van der Waals surface area (Å²) in [6.07, 6.45) is 0.784. The second-order valence-corrected chi connectivity index (χ2v) is 6.67. The van der Waals surface area contributed by atoms with Crippen molar-refractivity contribution < 1.29 is 4.79 Å².